The average molecular weight is 740 g/mol. The maximum Gasteiger partial charge on any atom is 0.159 e. The zero-order chi connectivity index (χ0) is 37.2. The van der Waals surface area contributed by atoms with E-state index in [4.69, 9.17) is 9.73 Å². The van der Waals surface area contributed by atoms with Crippen LogP contribution in [0.2, 0.25) is 0 Å². The Labute approximate surface area is 330 Å². The highest BCUT2D eigenvalue weighted by Gasteiger charge is 2.46. The van der Waals surface area contributed by atoms with E-state index in [-0.39, 0.29) is 12.0 Å². The number of allylic oxidation sites excluding steroid dienone is 4. The van der Waals surface area contributed by atoms with Crippen molar-refractivity contribution in [2.75, 3.05) is 4.90 Å². The molecule has 4 nitrogen and oxygen atoms in total. The number of hydrogen-bond donors (Lipinski definition) is 0. The second kappa shape index (κ2) is 13.3. The Hall–Kier alpha value is -6.56. The summed E-state index contributed by atoms with van der Waals surface area (Å²) in [6.07, 6.45) is 10.0. The molecule has 0 radical (unpaired) electrons. The van der Waals surface area contributed by atoms with Crippen LogP contribution in [0.15, 0.2) is 185 Å². The molecule has 0 N–H and O–H groups in total. The Balaban J connectivity index is 1.05. The molecule has 56 heavy (non-hydrogen) atoms. The van der Waals surface area contributed by atoms with Crippen LogP contribution in [-0.4, -0.2) is 12.6 Å². The fourth-order valence-corrected chi connectivity index (χ4v) is 10.4. The molecular weight excluding hydrogens is 703 g/mol. The van der Waals surface area contributed by atoms with Gasteiger partial charge in [0.2, 0.25) is 0 Å². The van der Waals surface area contributed by atoms with E-state index in [2.05, 4.69) is 144 Å². The number of rotatable bonds is 5. The summed E-state index contributed by atoms with van der Waals surface area (Å²) in [4.78, 5) is 12.4. The molecule has 4 heterocycles. The molecular formula is C51H37N3OS. The molecule has 11 rings (SSSR count). The van der Waals surface area contributed by atoms with Crippen molar-refractivity contribution in [2.24, 2.45) is 9.98 Å². The van der Waals surface area contributed by atoms with E-state index >= 15 is 0 Å². The largest absolute Gasteiger partial charge is 0.459 e. The third kappa shape index (κ3) is 5.26. The van der Waals surface area contributed by atoms with Crippen LogP contribution in [0.4, 0.5) is 10.7 Å². The first kappa shape index (κ1) is 32.8. The van der Waals surface area contributed by atoms with Gasteiger partial charge in [-0.2, -0.15) is 0 Å². The second-order valence-corrected chi connectivity index (χ2v) is 15.8. The Morgan fingerprint density at radius 3 is 2.41 bits per heavy atom. The number of benzene rings is 6. The van der Waals surface area contributed by atoms with Crippen molar-refractivity contribution in [3.8, 4) is 28.0 Å². The normalized spacial score (nSPS) is 18.7. The standard InChI is InChI=1S/C51H37N3OS/c1-52-50(53-48(33-17-6-3-7-18-33)44-31-36-19-8-12-25-43(36)55-44)37-21-14-20-34(29-37)35-27-28-38-41(30-35)47-40-23-10-13-26-45(40)56-51(47)54-42-24-11-9-22-39(42)46(49(38)54)32-15-4-2-5-16-32/h3-4,6-30,46,49H,1-2,5,31H2/b48-44+,53-50?. The first-order valence-electron chi connectivity index (χ1n) is 19.3. The lowest BCUT2D eigenvalue weighted by atomic mass is 9.78. The zero-order valence-electron chi connectivity index (χ0n) is 30.7. The first-order valence-corrected chi connectivity index (χ1v) is 20.2. The SMILES string of the molecule is C=NC(=N/C(=C1\Cc2ccccc2O1)c1ccccc1)c1cccc(-c2ccc3c(c2)-c2c(sc4ccccc24)N2c4ccccc4C(C4=CCCC=C4)C32)c1. The highest BCUT2D eigenvalue weighted by Crippen LogP contribution is 2.64. The van der Waals surface area contributed by atoms with Crippen molar-refractivity contribution in [3.05, 3.63) is 203 Å². The molecule has 7 aromatic rings. The number of para-hydroxylation sites is 2. The zero-order valence-corrected chi connectivity index (χ0v) is 31.5. The number of aliphatic imine (C=N–C) groups is 2. The summed E-state index contributed by atoms with van der Waals surface area (Å²) in [6.45, 7) is 3.99. The number of thiophene rings is 1. The lowest BCUT2D eigenvalue weighted by molar-refractivity contribution is 0.448. The minimum Gasteiger partial charge on any atom is -0.459 e. The molecule has 2 atom stereocenters. The van der Waals surface area contributed by atoms with E-state index in [1.807, 2.05) is 47.7 Å². The number of amidine groups is 1. The van der Waals surface area contributed by atoms with Crippen LogP contribution in [0.1, 0.15) is 52.6 Å². The van der Waals surface area contributed by atoms with Gasteiger partial charge in [-0.1, -0.05) is 133 Å². The number of nitrogens with zero attached hydrogens (tertiary/aromatic N) is 3. The average Bonchev–Trinajstić information content (AvgIpc) is 3.97. The van der Waals surface area contributed by atoms with Gasteiger partial charge in [-0.05, 0) is 83.3 Å². The summed E-state index contributed by atoms with van der Waals surface area (Å²) in [6, 6.07) is 52.2. The molecule has 3 aliphatic heterocycles. The van der Waals surface area contributed by atoms with E-state index in [0.717, 1.165) is 57.9 Å². The molecule has 0 amide bonds. The number of ether oxygens (including phenoxy) is 1. The monoisotopic (exact) mass is 739 g/mol. The quantitative estimate of drug-likeness (QED) is 0.130. The predicted octanol–water partition coefficient (Wildman–Crippen LogP) is 13.3. The van der Waals surface area contributed by atoms with Crippen LogP contribution in [0, 0.1) is 0 Å². The maximum absolute atomic E-state index is 6.40. The van der Waals surface area contributed by atoms with Crippen molar-refractivity contribution < 1.29 is 4.74 Å². The molecule has 0 spiro atoms. The molecule has 0 fully saturated rings. The topological polar surface area (TPSA) is 37.2 Å². The molecule has 1 aliphatic carbocycles. The van der Waals surface area contributed by atoms with Gasteiger partial charge in [0.1, 0.15) is 22.2 Å². The van der Waals surface area contributed by atoms with Crippen LogP contribution in [0.5, 0.6) is 5.75 Å². The summed E-state index contributed by atoms with van der Waals surface area (Å²) < 4.78 is 7.71. The van der Waals surface area contributed by atoms with E-state index < -0.39 is 0 Å². The minimum atomic E-state index is 0.162. The van der Waals surface area contributed by atoms with Crippen molar-refractivity contribution in [2.45, 2.75) is 31.2 Å². The summed E-state index contributed by atoms with van der Waals surface area (Å²) in [5, 5.41) is 2.63. The minimum absolute atomic E-state index is 0.162. The highest BCUT2D eigenvalue weighted by molar-refractivity contribution is 7.23. The molecule has 4 aliphatic rings. The molecule has 0 saturated heterocycles. The molecule has 6 aromatic carbocycles. The number of hydrogen-bond acceptors (Lipinski definition) is 4. The van der Waals surface area contributed by atoms with Gasteiger partial charge in [0, 0.05) is 50.4 Å². The maximum atomic E-state index is 6.40. The van der Waals surface area contributed by atoms with Gasteiger partial charge in [0.05, 0.1) is 6.04 Å². The Bertz CT molecular complexity index is 2830. The van der Waals surface area contributed by atoms with Gasteiger partial charge in [-0.3, -0.25) is 0 Å². The van der Waals surface area contributed by atoms with Crippen LogP contribution in [0.25, 0.3) is 38.0 Å². The van der Waals surface area contributed by atoms with Gasteiger partial charge in [-0.25, -0.2) is 9.98 Å². The smallest absolute Gasteiger partial charge is 0.159 e. The summed E-state index contributed by atoms with van der Waals surface area (Å²) in [5.41, 5.74) is 14.2. The summed E-state index contributed by atoms with van der Waals surface area (Å²) in [7, 11) is 0. The van der Waals surface area contributed by atoms with E-state index in [9.17, 15) is 0 Å². The van der Waals surface area contributed by atoms with Crippen molar-refractivity contribution in [1.82, 2.24) is 0 Å². The molecule has 268 valence electrons. The number of fused-ring (bicyclic) bond motifs is 11. The van der Waals surface area contributed by atoms with Crippen LogP contribution >= 0.6 is 11.3 Å². The van der Waals surface area contributed by atoms with Crippen molar-refractivity contribution in [1.29, 1.82) is 0 Å². The van der Waals surface area contributed by atoms with Gasteiger partial charge in [0.15, 0.2) is 5.84 Å². The first-order chi connectivity index (χ1) is 27.7. The Kier molecular flexibility index (Phi) is 7.81. The molecule has 2 unspecified atom stereocenters. The van der Waals surface area contributed by atoms with E-state index in [1.165, 1.54) is 48.6 Å². The molecule has 1 aromatic heterocycles. The Morgan fingerprint density at radius 2 is 1.54 bits per heavy atom. The lowest BCUT2D eigenvalue weighted by Crippen LogP contribution is -2.26. The van der Waals surface area contributed by atoms with Crippen molar-refractivity contribution in [3.63, 3.8) is 0 Å². The van der Waals surface area contributed by atoms with Gasteiger partial charge in [-0.15, -0.1) is 11.3 Å². The third-order valence-electron chi connectivity index (χ3n) is 11.6. The predicted molar refractivity (Wildman–Crippen MR) is 233 cm³/mol. The van der Waals surface area contributed by atoms with Crippen LogP contribution in [0.3, 0.4) is 0 Å². The number of anilines is 2. The van der Waals surface area contributed by atoms with Crippen molar-refractivity contribution >= 4 is 50.4 Å². The van der Waals surface area contributed by atoms with E-state index in [0.29, 0.717) is 12.3 Å². The van der Waals surface area contributed by atoms with Crippen LogP contribution < -0.4 is 9.64 Å². The van der Waals surface area contributed by atoms with Crippen LogP contribution in [-0.2, 0) is 6.42 Å². The lowest BCUT2D eigenvalue weighted by Gasteiger charge is -2.37. The van der Waals surface area contributed by atoms with E-state index in [1.54, 1.807) is 0 Å². The van der Waals surface area contributed by atoms with Gasteiger partial charge in [0.25, 0.3) is 0 Å². The third-order valence-corrected chi connectivity index (χ3v) is 12.8. The fraction of sp³-hybridized carbons (Fsp3) is 0.0980. The highest BCUT2D eigenvalue weighted by atomic mass is 32.1. The Morgan fingerprint density at radius 1 is 0.732 bits per heavy atom. The fourth-order valence-electron chi connectivity index (χ4n) is 9.13. The molecule has 0 bridgehead atoms. The summed E-state index contributed by atoms with van der Waals surface area (Å²) in [5.74, 6) is 2.48. The van der Waals surface area contributed by atoms with Gasteiger partial charge >= 0.3 is 0 Å². The molecule has 5 heteroatoms. The van der Waals surface area contributed by atoms with Gasteiger partial charge < -0.3 is 9.64 Å². The molecule has 0 saturated carbocycles. The summed E-state index contributed by atoms with van der Waals surface area (Å²) >= 11 is 1.91. The second-order valence-electron chi connectivity index (χ2n) is 14.8.